The molecule has 0 aliphatic carbocycles. The molecule has 68 valence electrons. The van der Waals surface area contributed by atoms with Crippen LogP contribution >= 0.6 is 0 Å². The number of hydrogen-bond acceptors (Lipinski definition) is 3. The van der Waals surface area contributed by atoms with Crippen molar-refractivity contribution in [3.63, 3.8) is 0 Å². The van der Waals surface area contributed by atoms with Crippen molar-refractivity contribution in [2.45, 2.75) is 26.3 Å². The summed E-state index contributed by atoms with van der Waals surface area (Å²) in [5.74, 6) is 0. The van der Waals surface area contributed by atoms with Crippen molar-refractivity contribution < 1.29 is 9.47 Å². The van der Waals surface area contributed by atoms with Gasteiger partial charge < -0.3 is 14.8 Å². The maximum absolute atomic E-state index is 5.10. The highest BCUT2D eigenvalue weighted by atomic mass is 16.7. The van der Waals surface area contributed by atoms with Crippen LogP contribution in [0.15, 0.2) is 0 Å². The van der Waals surface area contributed by atoms with Gasteiger partial charge in [0.15, 0.2) is 0 Å². The highest BCUT2D eigenvalue weighted by molar-refractivity contribution is 4.51. The first-order valence-corrected chi connectivity index (χ1v) is 4.07. The van der Waals surface area contributed by atoms with E-state index in [2.05, 4.69) is 19.2 Å². The Morgan fingerprint density at radius 1 is 1.36 bits per heavy atom. The van der Waals surface area contributed by atoms with Gasteiger partial charge in [-0.1, -0.05) is 13.8 Å². The van der Waals surface area contributed by atoms with Crippen molar-refractivity contribution in [1.82, 2.24) is 5.32 Å². The fraction of sp³-hybridized carbons (Fsp3) is 1.00. The fourth-order valence-electron chi connectivity index (χ4n) is 0.707. The SMILES string of the molecule is COCOCCCNC(C)C. The van der Waals surface area contributed by atoms with Gasteiger partial charge >= 0.3 is 0 Å². The molecular formula is C8H19NO2. The van der Waals surface area contributed by atoms with E-state index in [1.165, 1.54) is 0 Å². The third-order valence-electron chi connectivity index (χ3n) is 1.22. The Bertz CT molecular complexity index is 76.5. The average Bonchev–Trinajstić information content (AvgIpc) is 1.96. The summed E-state index contributed by atoms with van der Waals surface area (Å²) < 4.78 is 9.83. The van der Waals surface area contributed by atoms with Gasteiger partial charge in [-0.05, 0) is 13.0 Å². The number of nitrogens with one attached hydrogen (secondary N) is 1. The molecular weight excluding hydrogens is 142 g/mol. The molecule has 0 amide bonds. The Kier molecular flexibility index (Phi) is 7.89. The van der Waals surface area contributed by atoms with Gasteiger partial charge in [0.1, 0.15) is 6.79 Å². The molecule has 0 atom stereocenters. The van der Waals surface area contributed by atoms with Crippen LogP contribution in [-0.2, 0) is 9.47 Å². The predicted octanol–water partition coefficient (Wildman–Crippen LogP) is 0.995. The lowest BCUT2D eigenvalue weighted by Crippen LogP contribution is -2.24. The van der Waals surface area contributed by atoms with Crippen LogP contribution in [0.2, 0.25) is 0 Å². The molecule has 0 radical (unpaired) electrons. The van der Waals surface area contributed by atoms with Gasteiger partial charge in [-0.25, -0.2) is 0 Å². The number of methoxy groups -OCH3 is 1. The summed E-state index contributed by atoms with van der Waals surface area (Å²) in [6.07, 6.45) is 1.04. The standard InChI is InChI=1S/C8H19NO2/c1-8(2)9-5-4-6-11-7-10-3/h8-9H,4-7H2,1-3H3. The topological polar surface area (TPSA) is 30.5 Å². The second kappa shape index (κ2) is 7.98. The quantitative estimate of drug-likeness (QED) is 0.446. The largest absolute Gasteiger partial charge is 0.359 e. The summed E-state index contributed by atoms with van der Waals surface area (Å²) >= 11 is 0. The third-order valence-corrected chi connectivity index (χ3v) is 1.22. The van der Waals surface area contributed by atoms with E-state index < -0.39 is 0 Å². The molecule has 0 heterocycles. The molecule has 0 aliphatic heterocycles. The lowest BCUT2D eigenvalue weighted by molar-refractivity contribution is -0.0310. The molecule has 3 heteroatoms. The van der Waals surface area contributed by atoms with Gasteiger partial charge in [-0.15, -0.1) is 0 Å². The first kappa shape index (κ1) is 10.9. The monoisotopic (exact) mass is 161 g/mol. The van der Waals surface area contributed by atoms with E-state index in [4.69, 9.17) is 9.47 Å². The molecule has 3 nitrogen and oxygen atoms in total. The van der Waals surface area contributed by atoms with E-state index in [0.717, 1.165) is 19.6 Å². The van der Waals surface area contributed by atoms with Gasteiger partial charge in [-0.3, -0.25) is 0 Å². The van der Waals surface area contributed by atoms with E-state index in [-0.39, 0.29) is 0 Å². The highest BCUT2D eigenvalue weighted by Gasteiger charge is 1.91. The normalized spacial score (nSPS) is 10.9. The molecule has 0 bridgehead atoms. The van der Waals surface area contributed by atoms with Crippen LogP contribution in [0.4, 0.5) is 0 Å². The highest BCUT2D eigenvalue weighted by Crippen LogP contribution is 1.83. The molecule has 0 unspecified atom stereocenters. The zero-order valence-electron chi connectivity index (χ0n) is 7.72. The van der Waals surface area contributed by atoms with Crippen LogP contribution in [0.5, 0.6) is 0 Å². The van der Waals surface area contributed by atoms with Crippen LogP contribution in [0.3, 0.4) is 0 Å². The van der Waals surface area contributed by atoms with E-state index in [0.29, 0.717) is 12.8 Å². The Morgan fingerprint density at radius 2 is 2.09 bits per heavy atom. The van der Waals surface area contributed by atoms with Crippen LogP contribution in [0.25, 0.3) is 0 Å². The maximum Gasteiger partial charge on any atom is 0.146 e. The lowest BCUT2D eigenvalue weighted by Gasteiger charge is -2.07. The fourth-order valence-corrected chi connectivity index (χ4v) is 0.707. The van der Waals surface area contributed by atoms with Crippen molar-refractivity contribution in [3.8, 4) is 0 Å². The molecule has 0 aliphatic rings. The minimum Gasteiger partial charge on any atom is -0.359 e. The number of rotatable bonds is 7. The number of ether oxygens (including phenoxy) is 2. The maximum atomic E-state index is 5.10. The Hall–Kier alpha value is -0.120. The molecule has 0 spiro atoms. The molecule has 0 aromatic rings. The first-order chi connectivity index (χ1) is 5.27. The van der Waals surface area contributed by atoms with Crippen molar-refractivity contribution in [2.24, 2.45) is 0 Å². The summed E-state index contributed by atoms with van der Waals surface area (Å²) in [7, 11) is 1.63. The number of hydrogen-bond donors (Lipinski definition) is 1. The van der Waals surface area contributed by atoms with Crippen LogP contribution in [0, 0.1) is 0 Å². The zero-order chi connectivity index (χ0) is 8.53. The van der Waals surface area contributed by atoms with Gasteiger partial charge in [0.2, 0.25) is 0 Å². The lowest BCUT2D eigenvalue weighted by atomic mass is 10.3. The molecule has 0 saturated carbocycles. The van der Waals surface area contributed by atoms with E-state index >= 15 is 0 Å². The average molecular weight is 161 g/mol. The van der Waals surface area contributed by atoms with Gasteiger partial charge in [0.05, 0.1) is 6.61 Å². The van der Waals surface area contributed by atoms with Crippen LogP contribution in [-0.4, -0.2) is 33.1 Å². The van der Waals surface area contributed by atoms with Gasteiger partial charge in [0.25, 0.3) is 0 Å². The molecule has 0 rings (SSSR count). The first-order valence-electron chi connectivity index (χ1n) is 4.07. The Labute approximate surface area is 69.1 Å². The summed E-state index contributed by atoms with van der Waals surface area (Å²) in [4.78, 5) is 0. The smallest absolute Gasteiger partial charge is 0.146 e. The van der Waals surface area contributed by atoms with Crippen molar-refractivity contribution in [1.29, 1.82) is 0 Å². The van der Waals surface area contributed by atoms with Gasteiger partial charge in [0, 0.05) is 13.2 Å². The predicted molar refractivity (Wildman–Crippen MR) is 45.6 cm³/mol. The van der Waals surface area contributed by atoms with Crippen molar-refractivity contribution in [3.05, 3.63) is 0 Å². The van der Waals surface area contributed by atoms with Crippen LogP contribution < -0.4 is 5.32 Å². The van der Waals surface area contributed by atoms with Crippen LogP contribution in [0.1, 0.15) is 20.3 Å². The molecule has 0 aromatic heterocycles. The summed E-state index contributed by atoms with van der Waals surface area (Å²) in [6, 6.07) is 0.567. The van der Waals surface area contributed by atoms with Crippen molar-refractivity contribution in [2.75, 3.05) is 27.1 Å². The summed E-state index contributed by atoms with van der Waals surface area (Å²) in [5.41, 5.74) is 0. The minimum absolute atomic E-state index is 0.404. The molecule has 0 aromatic carbocycles. The second-order valence-corrected chi connectivity index (χ2v) is 2.78. The van der Waals surface area contributed by atoms with Gasteiger partial charge in [-0.2, -0.15) is 0 Å². The third kappa shape index (κ3) is 9.88. The minimum atomic E-state index is 0.404. The summed E-state index contributed by atoms with van der Waals surface area (Å²) in [5, 5.41) is 3.30. The Morgan fingerprint density at radius 3 is 2.64 bits per heavy atom. The Balaban J connectivity index is 2.80. The van der Waals surface area contributed by atoms with E-state index in [1.54, 1.807) is 7.11 Å². The molecule has 11 heavy (non-hydrogen) atoms. The summed E-state index contributed by atoms with van der Waals surface area (Å²) in [6.45, 7) is 6.46. The molecule has 0 fully saturated rings. The van der Waals surface area contributed by atoms with E-state index in [9.17, 15) is 0 Å². The van der Waals surface area contributed by atoms with Crippen molar-refractivity contribution >= 4 is 0 Å². The zero-order valence-corrected chi connectivity index (χ0v) is 7.72. The van der Waals surface area contributed by atoms with E-state index in [1.807, 2.05) is 0 Å². The molecule has 1 N–H and O–H groups in total. The molecule has 0 saturated heterocycles. The second-order valence-electron chi connectivity index (χ2n) is 2.78.